The topological polar surface area (TPSA) is 109 Å². The number of nitro benzene ring substituents is 1. The number of aliphatic imine (C=N–C) groups is 1. The van der Waals surface area contributed by atoms with E-state index in [9.17, 15) is 14.9 Å². The highest BCUT2D eigenvalue weighted by molar-refractivity contribution is 6.13. The predicted molar refractivity (Wildman–Crippen MR) is 99.8 cm³/mol. The minimum Gasteiger partial charge on any atom is -0.493 e. The van der Waals surface area contributed by atoms with Crippen LogP contribution in [0, 0.1) is 10.1 Å². The molecule has 3 rings (SSSR count). The molecule has 0 bridgehead atoms. The maximum Gasteiger partial charge on any atom is 0.363 e. The molecular weight excluding hydrogens is 368 g/mol. The predicted octanol–water partition coefficient (Wildman–Crippen LogP) is 2.97. The summed E-state index contributed by atoms with van der Waals surface area (Å²) in [6.07, 6.45) is 1.50. The van der Waals surface area contributed by atoms with Crippen LogP contribution in [0.4, 0.5) is 5.69 Å². The first-order valence-electron chi connectivity index (χ1n) is 8.04. The Morgan fingerprint density at radius 2 is 1.75 bits per heavy atom. The summed E-state index contributed by atoms with van der Waals surface area (Å²) in [5.74, 6) is 0.579. The van der Waals surface area contributed by atoms with Crippen LogP contribution in [0.5, 0.6) is 17.2 Å². The van der Waals surface area contributed by atoms with E-state index in [2.05, 4.69) is 4.99 Å². The maximum absolute atomic E-state index is 12.2. The van der Waals surface area contributed by atoms with E-state index in [0.717, 1.165) is 0 Å². The van der Waals surface area contributed by atoms with E-state index in [1.807, 2.05) is 0 Å². The van der Waals surface area contributed by atoms with Gasteiger partial charge < -0.3 is 18.9 Å². The number of hydrogen-bond acceptors (Lipinski definition) is 8. The molecule has 0 fully saturated rings. The summed E-state index contributed by atoms with van der Waals surface area (Å²) >= 11 is 0. The molecule has 0 N–H and O–H groups in total. The van der Waals surface area contributed by atoms with Gasteiger partial charge in [0.05, 0.1) is 26.3 Å². The minimum atomic E-state index is -0.671. The van der Waals surface area contributed by atoms with Gasteiger partial charge in [0.15, 0.2) is 17.2 Å². The highest BCUT2D eigenvalue weighted by Crippen LogP contribution is 2.39. The van der Waals surface area contributed by atoms with E-state index in [4.69, 9.17) is 18.9 Å². The Bertz CT molecular complexity index is 986. The highest BCUT2D eigenvalue weighted by Gasteiger charge is 2.25. The normalized spacial score (nSPS) is 14.5. The summed E-state index contributed by atoms with van der Waals surface area (Å²) in [4.78, 5) is 26.7. The van der Waals surface area contributed by atoms with Gasteiger partial charge in [-0.25, -0.2) is 9.79 Å². The fourth-order valence-electron chi connectivity index (χ4n) is 2.63. The first-order valence-corrected chi connectivity index (χ1v) is 8.04. The van der Waals surface area contributed by atoms with Crippen molar-refractivity contribution in [2.75, 3.05) is 21.3 Å². The molecule has 0 unspecified atom stereocenters. The number of benzene rings is 2. The Kier molecular flexibility index (Phi) is 5.25. The van der Waals surface area contributed by atoms with Crippen molar-refractivity contribution < 1.29 is 28.7 Å². The number of carbonyl (C=O) groups excluding carboxylic acids is 1. The van der Waals surface area contributed by atoms with Crippen LogP contribution in [0.25, 0.3) is 6.08 Å². The second-order valence-corrected chi connectivity index (χ2v) is 5.60. The van der Waals surface area contributed by atoms with Gasteiger partial charge >= 0.3 is 5.97 Å². The number of methoxy groups -OCH3 is 3. The third kappa shape index (κ3) is 3.63. The van der Waals surface area contributed by atoms with E-state index in [1.165, 1.54) is 45.6 Å². The largest absolute Gasteiger partial charge is 0.493 e. The van der Waals surface area contributed by atoms with Crippen LogP contribution in [0.1, 0.15) is 11.1 Å². The van der Waals surface area contributed by atoms with Gasteiger partial charge in [-0.2, -0.15) is 0 Å². The second-order valence-electron chi connectivity index (χ2n) is 5.60. The molecule has 1 aliphatic rings. The first kappa shape index (κ1) is 18.9. The fraction of sp³-hybridized carbons (Fsp3) is 0.158. The summed E-state index contributed by atoms with van der Waals surface area (Å²) in [7, 11) is 4.45. The molecule has 0 spiro atoms. The number of hydrogen-bond donors (Lipinski definition) is 0. The van der Waals surface area contributed by atoms with Crippen LogP contribution in [0.2, 0.25) is 0 Å². The van der Waals surface area contributed by atoms with Crippen LogP contribution in [-0.4, -0.2) is 38.1 Å². The third-order valence-electron chi connectivity index (χ3n) is 3.91. The Hall–Kier alpha value is -3.88. The lowest BCUT2D eigenvalue weighted by Gasteiger charge is -2.12. The van der Waals surface area contributed by atoms with Gasteiger partial charge in [-0.15, -0.1) is 0 Å². The molecule has 0 aromatic heterocycles. The molecule has 2 aromatic carbocycles. The molecule has 0 aliphatic carbocycles. The van der Waals surface area contributed by atoms with Crippen LogP contribution in [0.15, 0.2) is 47.1 Å². The zero-order valence-corrected chi connectivity index (χ0v) is 15.3. The molecule has 144 valence electrons. The summed E-state index contributed by atoms with van der Waals surface area (Å²) in [5, 5.41) is 10.9. The van der Waals surface area contributed by atoms with Crippen molar-refractivity contribution in [2.45, 2.75) is 0 Å². The summed E-state index contributed by atoms with van der Waals surface area (Å²) in [6.45, 7) is 0. The van der Waals surface area contributed by atoms with Gasteiger partial charge in [-0.3, -0.25) is 10.1 Å². The van der Waals surface area contributed by atoms with Crippen molar-refractivity contribution in [2.24, 2.45) is 4.99 Å². The van der Waals surface area contributed by atoms with Crippen molar-refractivity contribution in [1.29, 1.82) is 0 Å². The average Bonchev–Trinajstić information content (AvgIpc) is 3.07. The van der Waals surface area contributed by atoms with E-state index in [1.54, 1.807) is 18.2 Å². The van der Waals surface area contributed by atoms with Crippen molar-refractivity contribution >= 4 is 23.6 Å². The highest BCUT2D eigenvalue weighted by atomic mass is 16.6. The van der Waals surface area contributed by atoms with Crippen LogP contribution in [-0.2, 0) is 9.53 Å². The number of esters is 1. The Morgan fingerprint density at radius 1 is 1.07 bits per heavy atom. The zero-order chi connectivity index (χ0) is 20.3. The van der Waals surface area contributed by atoms with Gasteiger partial charge in [0.1, 0.15) is 0 Å². The maximum atomic E-state index is 12.2. The molecule has 0 atom stereocenters. The number of nitro groups is 1. The molecular formula is C19H16N2O7. The quantitative estimate of drug-likeness (QED) is 0.326. The summed E-state index contributed by atoms with van der Waals surface area (Å²) in [6, 6.07) is 9.00. The molecule has 0 saturated heterocycles. The average molecular weight is 384 g/mol. The zero-order valence-electron chi connectivity index (χ0n) is 15.3. The molecule has 2 aromatic rings. The molecule has 1 aliphatic heterocycles. The molecule has 9 nitrogen and oxygen atoms in total. The SMILES string of the molecule is COc1cc(C=C2N=C(c3cccc([N+](=O)[O-])c3)OC2=O)cc(OC)c1OC. The van der Waals surface area contributed by atoms with Crippen LogP contribution in [0.3, 0.4) is 0 Å². The number of rotatable bonds is 6. The number of ether oxygens (including phenoxy) is 4. The van der Waals surface area contributed by atoms with Gasteiger partial charge in [0.25, 0.3) is 5.69 Å². The number of non-ortho nitro benzene ring substituents is 1. The van der Waals surface area contributed by atoms with Gasteiger partial charge in [0, 0.05) is 17.7 Å². The number of nitrogens with zero attached hydrogens (tertiary/aromatic N) is 2. The van der Waals surface area contributed by atoms with E-state index < -0.39 is 10.9 Å². The molecule has 0 amide bonds. The van der Waals surface area contributed by atoms with Gasteiger partial charge in [0.2, 0.25) is 11.6 Å². The van der Waals surface area contributed by atoms with Crippen molar-refractivity contribution in [3.63, 3.8) is 0 Å². The molecule has 0 saturated carbocycles. The van der Waals surface area contributed by atoms with E-state index in [0.29, 0.717) is 28.4 Å². The number of carbonyl (C=O) groups is 1. The summed E-state index contributed by atoms with van der Waals surface area (Å²) in [5.41, 5.74) is 0.815. The smallest absolute Gasteiger partial charge is 0.363 e. The van der Waals surface area contributed by atoms with Crippen LogP contribution >= 0.6 is 0 Å². The molecule has 28 heavy (non-hydrogen) atoms. The first-order chi connectivity index (χ1) is 13.5. The lowest BCUT2D eigenvalue weighted by Crippen LogP contribution is -2.05. The lowest BCUT2D eigenvalue weighted by atomic mass is 10.1. The molecule has 0 radical (unpaired) electrons. The van der Waals surface area contributed by atoms with Crippen molar-refractivity contribution in [3.05, 3.63) is 63.3 Å². The van der Waals surface area contributed by atoms with Crippen LogP contribution < -0.4 is 14.2 Å². The van der Waals surface area contributed by atoms with Crippen molar-refractivity contribution in [1.82, 2.24) is 0 Å². The third-order valence-corrected chi connectivity index (χ3v) is 3.91. The monoisotopic (exact) mass is 384 g/mol. The molecule has 1 heterocycles. The van der Waals surface area contributed by atoms with Crippen molar-refractivity contribution in [3.8, 4) is 17.2 Å². The standard InChI is InChI=1S/C19H16N2O7/c1-25-15-8-11(9-16(26-2)17(15)27-3)7-14-19(22)28-18(20-14)12-5-4-6-13(10-12)21(23)24/h4-10H,1-3H3. The van der Waals surface area contributed by atoms with Gasteiger partial charge in [-0.1, -0.05) is 6.07 Å². The summed E-state index contributed by atoms with van der Waals surface area (Å²) < 4.78 is 21.0. The Morgan fingerprint density at radius 3 is 2.32 bits per heavy atom. The van der Waals surface area contributed by atoms with E-state index >= 15 is 0 Å². The molecule has 9 heteroatoms. The lowest BCUT2D eigenvalue weighted by molar-refractivity contribution is -0.384. The number of cyclic esters (lactones) is 1. The Balaban J connectivity index is 2.00. The Labute approximate surface area is 160 Å². The fourth-order valence-corrected chi connectivity index (χ4v) is 2.63. The second kappa shape index (κ2) is 7.78. The van der Waals surface area contributed by atoms with E-state index in [-0.39, 0.29) is 17.3 Å². The van der Waals surface area contributed by atoms with Gasteiger partial charge in [-0.05, 0) is 29.8 Å². The minimum absolute atomic E-state index is 0.00704.